The van der Waals surface area contributed by atoms with Gasteiger partial charge in [0, 0.05) is 25.2 Å². The molecule has 0 radical (unpaired) electrons. The van der Waals surface area contributed by atoms with E-state index >= 15 is 0 Å². The molecule has 4 nitrogen and oxygen atoms in total. The van der Waals surface area contributed by atoms with Gasteiger partial charge in [0.1, 0.15) is 0 Å². The highest BCUT2D eigenvalue weighted by molar-refractivity contribution is 5.95. The van der Waals surface area contributed by atoms with E-state index in [0.29, 0.717) is 11.3 Å². The Hall–Kier alpha value is -2.62. The third-order valence-corrected chi connectivity index (χ3v) is 4.58. The molecule has 2 amide bonds. The summed E-state index contributed by atoms with van der Waals surface area (Å²) in [5, 5.41) is 2.71. The number of aryl methyl sites for hydroxylation is 1. The molecular weight excluding hydrogens is 300 g/mol. The quantitative estimate of drug-likeness (QED) is 0.934. The van der Waals surface area contributed by atoms with Crippen LogP contribution in [0.25, 0.3) is 0 Å². The maximum Gasteiger partial charge on any atom is 0.254 e. The van der Waals surface area contributed by atoms with E-state index in [-0.39, 0.29) is 17.9 Å². The highest BCUT2D eigenvalue weighted by Crippen LogP contribution is 2.34. The Morgan fingerprint density at radius 3 is 2.50 bits per heavy atom. The molecule has 2 aromatic carbocycles. The van der Waals surface area contributed by atoms with Crippen LogP contribution in [0.5, 0.6) is 0 Å². The number of rotatable bonds is 3. The summed E-state index contributed by atoms with van der Waals surface area (Å²) in [7, 11) is 1.87. The summed E-state index contributed by atoms with van der Waals surface area (Å²) in [5.74, 6) is -0.115. The lowest BCUT2D eigenvalue weighted by Crippen LogP contribution is -2.33. The Bertz CT molecular complexity index is 752. The maximum absolute atomic E-state index is 12.8. The summed E-state index contributed by atoms with van der Waals surface area (Å²) in [6.45, 7) is 1.47. The number of carbonyl (C=O) groups excluding carboxylic acids is 2. The van der Waals surface area contributed by atoms with Crippen molar-refractivity contribution in [1.82, 2.24) is 4.90 Å². The zero-order valence-corrected chi connectivity index (χ0v) is 14.1. The lowest BCUT2D eigenvalue weighted by Gasteiger charge is -2.33. The van der Waals surface area contributed by atoms with Crippen LogP contribution in [-0.4, -0.2) is 23.8 Å². The molecule has 1 unspecified atom stereocenters. The first-order valence-corrected chi connectivity index (χ1v) is 8.29. The predicted molar refractivity (Wildman–Crippen MR) is 95.0 cm³/mol. The number of hydrogen-bond donors (Lipinski definition) is 1. The average Bonchev–Trinajstić information content (AvgIpc) is 2.60. The largest absolute Gasteiger partial charge is 0.335 e. The fourth-order valence-electron chi connectivity index (χ4n) is 3.38. The van der Waals surface area contributed by atoms with Gasteiger partial charge in [-0.1, -0.05) is 24.3 Å². The van der Waals surface area contributed by atoms with Gasteiger partial charge < -0.3 is 10.2 Å². The molecule has 3 rings (SSSR count). The number of amides is 2. The van der Waals surface area contributed by atoms with Gasteiger partial charge in [0.15, 0.2) is 0 Å². The molecule has 0 saturated carbocycles. The Balaban J connectivity index is 1.79. The Labute approximate surface area is 142 Å². The maximum atomic E-state index is 12.8. The van der Waals surface area contributed by atoms with Crippen molar-refractivity contribution < 1.29 is 9.59 Å². The van der Waals surface area contributed by atoms with Crippen LogP contribution in [0.15, 0.2) is 48.5 Å². The summed E-state index contributed by atoms with van der Waals surface area (Å²) in [6, 6.07) is 15.6. The van der Waals surface area contributed by atoms with Gasteiger partial charge in [-0.05, 0) is 54.7 Å². The molecule has 1 aliphatic carbocycles. The van der Waals surface area contributed by atoms with Crippen molar-refractivity contribution in [2.75, 3.05) is 12.4 Å². The van der Waals surface area contributed by atoms with Crippen molar-refractivity contribution in [2.24, 2.45) is 0 Å². The molecule has 2 aromatic rings. The molecule has 124 valence electrons. The Morgan fingerprint density at radius 1 is 1.08 bits per heavy atom. The second-order valence-corrected chi connectivity index (χ2v) is 6.28. The van der Waals surface area contributed by atoms with E-state index in [1.165, 1.54) is 18.1 Å². The third kappa shape index (κ3) is 3.32. The topological polar surface area (TPSA) is 49.4 Å². The number of nitrogens with one attached hydrogen (secondary N) is 1. The van der Waals surface area contributed by atoms with E-state index in [0.717, 1.165) is 19.3 Å². The second-order valence-electron chi connectivity index (χ2n) is 6.28. The molecule has 1 N–H and O–H groups in total. The molecule has 4 heteroatoms. The van der Waals surface area contributed by atoms with Gasteiger partial charge in [0.05, 0.1) is 6.04 Å². The number of nitrogens with zero attached hydrogens (tertiary/aromatic N) is 1. The van der Waals surface area contributed by atoms with E-state index in [1.54, 1.807) is 24.3 Å². The summed E-state index contributed by atoms with van der Waals surface area (Å²) >= 11 is 0. The first-order chi connectivity index (χ1) is 11.6. The predicted octanol–water partition coefficient (Wildman–Crippen LogP) is 3.79. The van der Waals surface area contributed by atoms with Crippen LogP contribution < -0.4 is 5.32 Å². The van der Waals surface area contributed by atoms with Gasteiger partial charge in [0.2, 0.25) is 5.91 Å². The van der Waals surface area contributed by atoms with Crippen LogP contribution in [0.2, 0.25) is 0 Å². The molecule has 0 spiro atoms. The molecular formula is C20H22N2O2. The summed E-state index contributed by atoms with van der Waals surface area (Å²) in [4.78, 5) is 25.7. The van der Waals surface area contributed by atoms with Gasteiger partial charge in [-0.15, -0.1) is 0 Å². The van der Waals surface area contributed by atoms with E-state index in [4.69, 9.17) is 0 Å². The van der Waals surface area contributed by atoms with Gasteiger partial charge in [0.25, 0.3) is 5.91 Å². The smallest absolute Gasteiger partial charge is 0.254 e. The van der Waals surface area contributed by atoms with Gasteiger partial charge in [-0.3, -0.25) is 9.59 Å². The molecule has 0 heterocycles. The molecule has 24 heavy (non-hydrogen) atoms. The highest BCUT2D eigenvalue weighted by atomic mass is 16.2. The van der Waals surface area contributed by atoms with Crippen molar-refractivity contribution in [1.29, 1.82) is 0 Å². The van der Waals surface area contributed by atoms with Crippen LogP contribution in [-0.2, 0) is 11.2 Å². The number of anilines is 1. The Kier molecular flexibility index (Phi) is 4.65. The summed E-state index contributed by atoms with van der Waals surface area (Å²) in [6.07, 6.45) is 3.17. The van der Waals surface area contributed by atoms with Gasteiger partial charge in [-0.25, -0.2) is 0 Å². The molecule has 0 saturated heterocycles. The van der Waals surface area contributed by atoms with Crippen molar-refractivity contribution in [3.05, 3.63) is 65.2 Å². The minimum Gasteiger partial charge on any atom is -0.335 e. The van der Waals surface area contributed by atoms with Crippen LogP contribution >= 0.6 is 0 Å². The fourth-order valence-corrected chi connectivity index (χ4v) is 3.38. The fraction of sp³-hybridized carbons (Fsp3) is 0.300. The Morgan fingerprint density at radius 2 is 1.79 bits per heavy atom. The van der Waals surface area contributed by atoms with E-state index in [9.17, 15) is 9.59 Å². The third-order valence-electron chi connectivity index (χ3n) is 4.58. The first-order valence-electron chi connectivity index (χ1n) is 8.29. The molecule has 0 bridgehead atoms. The minimum absolute atomic E-state index is 0.00563. The second kappa shape index (κ2) is 6.87. The standard InChI is InChI=1S/C20H22N2O2/c1-14(23)21-17-12-10-16(11-13-17)20(24)22(2)19-9-5-7-15-6-3-4-8-18(15)19/h3-4,6,8,10-13,19H,5,7,9H2,1-2H3,(H,21,23). The van der Waals surface area contributed by atoms with E-state index in [2.05, 4.69) is 23.5 Å². The number of benzene rings is 2. The van der Waals surface area contributed by atoms with E-state index < -0.39 is 0 Å². The van der Waals surface area contributed by atoms with Crippen LogP contribution in [0.3, 0.4) is 0 Å². The lowest BCUT2D eigenvalue weighted by molar-refractivity contribution is -0.114. The lowest BCUT2D eigenvalue weighted by atomic mass is 9.87. The average molecular weight is 322 g/mol. The zero-order chi connectivity index (χ0) is 17.1. The van der Waals surface area contributed by atoms with Crippen molar-refractivity contribution in [3.8, 4) is 0 Å². The zero-order valence-electron chi connectivity index (χ0n) is 14.1. The molecule has 0 aliphatic heterocycles. The number of carbonyl (C=O) groups is 2. The normalized spacial score (nSPS) is 16.2. The number of fused-ring (bicyclic) bond motifs is 1. The SMILES string of the molecule is CC(=O)Nc1ccc(C(=O)N(C)C2CCCc3ccccc32)cc1. The summed E-state index contributed by atoms with van der Waals surface area (Å²) < 4.78 is 0. The number of hydrogen-bond acceptors (Lipinski definition) is 2. The molecule has 0 fully saturated rings. The summed E-state index contributed by atoms with van der Waals surface area (Å²) in [5.41, 5.74) is 3.93. The van der Waals surface area contributed by atoms with Crippen LogP contribution in [0, 0.1) is 0 Å². The van der Waals surface area contributed by atoms with Crippen molar-refractivity contribution in [3.63, 3.8) is 0 Å². The monoisotopic (exact) mass is 322 g/mol. The molecule has 1 atom stereocenters. The van der Waals surface area contributed by atoms with Crippen LogP contribution in [0.4, 0.5) is 5.69 Å². The van der Waals surface area contributed by atoms with Crippen molar-refractivity contribution >= 4 is 17.5 Å². The van der Waals surface area contributed by atoms with Crippen molar-refractivity contribution in [2.45, 2.75) is 32.2 Å². The molecule has 1 aliphatic rings. The minimum atomic E-state index is -0.120. The van der Waals surface area contributed by atoms with Gasteiger partial charge in [-0.2, -0.15) is 0 Å². The molecule has 0 aromatic heterocycles. The highest BCUT2D eigenvalue weighted by Gasteiger charge is 2.26. The van der Waals surface area contributed by atoms with E-state index in [1.807, 2.05) is 18.0 Å². The van der Waals surface area contributed by atoms with Gasteiger partial charge >= 0.3 is 0 Å². The van der Waals surface area contributed by atoms with Crippen LogP contribution in [0.1, 0.15) is 47.3 Å². The first kappa shape index (κ1) is 16.2.